The Bertz CT molecular complexity index is 848. The summed E-state index contributed by atoms with van der Waals surface area (Å²) in [7, 11) is 0. The molecule has 0 spiro atoms. The Morgan fingerprint density at radius 1 is 1.31 bits per heavy atom. The maximum Gasteiger partial charge on any atom is 0.254 e. The molecule has 1 fully saturated rings. The molecule has 1 aromatic carbocycles. The number of hydrogen-bond donors (Lipinski definition) is 2. The fourth-order valence-electron chi connectivity index (χ4n) is 3.27. The highest BCUT2D eigenvalue weighted by Crippen LogP contribution is 2.23. The van der Waals surface area contributed by atoms with Gasteiger partial charge in [-0.25, -0.2) is 9.07 Å². The van der Waals surface area contributed by atoms with Crippen LogP contribution in [0.5, 0.6) is 0 Å². The minimum Gasteiger partial charge on any atom is -0.346 e. The Morgan fingerprint density at radius 2 is 2.15 bits per heavy atom. The molecule has 0 unspecified atom stereocenters. The van der Waals surface area contributed by atoms with Gasteiger partial charge in [0.15, 0.2) is 0 Å². The van der Waals surface area contributed by atoms with Crippen LogP contribution in [-0.2, 0) is 6.54 Å². The topological polar surface area (TPSA) is 91.7 Å². The van der Waals surface area contributed by atoms with E-state index in [-0.39, 0.29) is 23.8 Å². The van der Waals surface area contributed by atoms with Gasteiger partial charge in [0.05, 0.1) is 30.0 Å². The van der Waals surface area contributed by atoms with Crippen LogP contribution in [0.15, 0.2) is 49.1 Å². The second-order valence-corrected chi connectivity index (χ2v) is 6.34. The summed E-state index contributed by atoms with van der Waals surface area (Å²) >= 11 is 0. The third kappa shape index (κ3) is 3.47. The van der Waals surface area contributed by atoms with E-state index in [9.17, 15) is 9.18 Å². The maximum absolute atomic E-state index is 13.1. The predicted octanol–water partition coefficient (Wildman–Crippen LogP) is 0.996. The molecule has 0 bridgehead atoms. The van der Waals surface area contributed by atoms with Gasteiger partial charge < -0.3 is 5.32 Å². The molecule has 3 heterocycles. The van der Waals surface area contributed by atoms with Crippen molar-refractivity contribution in [1.82, 2.24) is 35.4 Å². The van der Waals surface area contributed by atoms with E-state index in [2.05, 4.69) is 30.7 Å². The molecule has 134 valence electrons. The summed E-state index contributed by atoms with van der Waals surface area (Å²) in [6, 6.07) is 6.30. The number of aromatic nitrogens is 5. The molecular formula is C17H18FN7O. The highest BCUT2D eigenvalue weighted by atomic mass is 19.1. The van der Waals surface area contributed by atoms with Crippen molar-refractivity contribution >= 4 is 5.91 Å². The van der Waals surface area contributed by atoms with Gasteiger partial charge in [-0.05, 0) is 17.7 Å². The van der Waals surface area contributed by atoms with E-state index in [0.717, 1.165) is 5.56 Å². The van der Waals surface area contributed by atoms with Gasteiger partial charge in [0.25, 0.3) is 5.91 Å². The molecule has 2 N–H and O–H groups in total. The number of nitrogens with zero attached hydrogens (tertiary/aromatic N) is 5. The first-order chi connectivity index (χ1) is 12.7. The molecule has 1 aliphatic heterocycles. The monoisotopic (exact) mass is 355 g/mol. The van der Waals surface area contributed by atoms with Gasteiger partial charge in [-0.1, -0.05) is 17.3 Å². The SMILES string of the molecule is O=C(N[C@@H]1CN(Cc2ccc(F)cc2)C[C@@H]1n1ccnn1)c1cn[nH]c1. The summed E-state index contributed by atoms with van der Waals surface area (Å²) in [5.41, 5.74) is 1.50. The molecule has 0 aliphatic carbocycles. The zero-order valence-electron chi connectivity index (χ0n) is 13.9. The average molecular weight is 355 g/mol. The summed E-state index contributed by atoms with van der Waals surface area (Å²) in [5.74, 6) is -0.432. The molecule has 1 aliphatic rings. The summed E-state index contributed by atoms with van der Waals surface area (Å²) < 4.78 is 14.9. The van der Waals surface area contributed by atoms with E-state index >= 15 is 0 Å². The number of rotatable bonds is 5. The van der Waals surface area contributed by atoms with Crippen molar-refractivity contribution < 1.29 is 9.18 Å². The van der Waals surface area contributed by atoms with Crippen LogP contribution in [0.1, 0.15) is 22.0 Å². The van der Waals surface area contributed by atoms with Gasteiger partial charge in [0.1, 0.15) is 5.82 Å². The smallest absolute Gasteiger partial charge is 0.254 e. The summed E-state index contributed by atoms with van der Waals surface area (Å²) in [6.07, 6.45) is 6.47. The standard InChI is InChI=1S/C17H18FN7O/c18-14-3-1-12(2-4-14)9-24-10-15(16(11-24)25-6-5-19-23-25)22-17(26)13-7-20-21-8-13/h1-8,15-16H,9-11H2,(H,20,21)(H,22,26)/t15-,16+/m1/s1. The molecule has 2 aromatic heterocycles. The second-order valence-electron chi connectivity index (χ2n) is 6.34. The van der Waals surface area contributed by atoms with E-state index in [4.69, 9.17) is 0 Å². The first kappa shape index (κ1) is 16.4. The van der Waals surface area contributed by atoms with Crippen molar-refractivity contribution in [2.24, 2.45) is 0 Å². The average Bonchev–Trinajstić information content (AvgIpc) is 3.38. The second kappa shape index (κ2) is 7.04. The number of carbonyl (C=O) groups is 1. The third-order valence-corrected chi connectivity index (χ3v) is 4.54. The Morgan fingerprint density at radius 3 is 2.85 bits per heavy atom. The van der Waals surface area contributed by atoms with Gasteiger partial charge in [-0.2, -0.15) is 5.10 Å². The number of aromatic amines is 1. The van der Waals surface area contributed by atoms with Gasteiger partial charge in [0.2, 0.25) is 0 Å². The van der Waals surface area contributed by atoms with E-state index in [1.807, 2.05) is 0 Å². The lowest BCUT2D eigenvalue weighted by molar-refractivity contribution is 0.0929. The fraction of sp³-hybridized carbons (Fsp3) is 0.294. The van der Waals surface area contributed by atoms with Crippen LogP contribution in [-0.4, -0.2) is 55.1 Å². The predicted molar refractivity (Wildman–Crippen MR) is 90.6 cm³/mol. The van der Waals surface area contributed by atoms with Crippen LogP contribution in [0, 0.1) is 5.82 Å². The maximum atomic E-state index is 13.1. The third-order valence-electron chi connectivity index (χ3n) is 4.54. The minimum absolute atomic E-state index is 0.0335. The van der Waals surface area contributed by atoms with Crippen molar-refractivity contribution in [3.63, 3.8) is 0 Å². The largest absolute Gasteiger partial charge is 0.346 e. The van der Waals surface area contributed by atoms with E-state index in [1.165, 1.54) is 18.3 Å². The van der Waals surface area contributed by atoms with Crippen LogP contribution in [0.2, 0.25) is 0 Å². The molecule has 26 heavy (non-hydrogen) atoms. The number of nitrogens with one attached hydrogen (secondary N) is 2. The number of carbonyl (C=O) groups excluding carboxylic acids is 1. The lowest BCUT2D eigenvalue weighted by Gasteiger charge is -2.19. The van der Waals surface area contributed by atoms with Crippen molar-refractivity contribution in [1.29, 1.82) is 0 Å². The van der Waals surface area contributed by atoms with Crippen molar-refractivity contribution in [3.8, 4) is 0 Å². The lowest BCUT2D eigenvalue weighted by Crippen LogP contribution is -2.41. The Hall–Kier alpha value is -3.07. The first-order valence-corrected chi connectivity index (χ1v) is 8.31. The Labute approximate surface area is 149 Å². The zero-order chi connectivity index (χ0) is 17.9. The molecule has 4 rings (SSSR count). The Kier molecular flexibility index (Phi) is 4.44. The van der Waals surface area contributed by atoms with Crippen molar-refractivity contribution in [2.75, 3.05) is 13.1 Å². The summed E-state index contributed by atoms with van der Waals surface area (Å²) in [5, 5.41) is 17.5. The summed E-state index contributed by atoms with van der Waals surface area (Å²) in [4.78, 5) is 14.6. The highest BCUT2D eigenvalue weighted by Gasteiger charge is 2.35. The molecule has 1 amide bonds. The van der Waals surface area contributed by atoms with E-state index in [0.29, 0.717) is 25.2 Å². The lowest BCUT2D eigenvalue weighted by atomic mass is 10.1. The quantitative estimate of drug-likeness (QED) is 0.712. The van der Waals surface area contributed by atoms with Crippen LogP contribution < -0.4 is 5.32 Å². The van der Waals surface area contributed by atoms with Gasteiger partial charge in [-0.15, -0.1) is 5.10 Å². The van der Waals surface area contributed by atoms with Gasteiger partial charge in [-0.3, -0.25) is 14.8 Å². The van der Waals surface area contributed by atoms with Gasteiger partial charge >= 0.3 is 0 Å². The molecule has 0 radical (unpaired) electrons. The van der Waals surface area contributed by atoms with Gasteiger partial charge in [0, 0.05) is 32.0 Å². The fourth-order valence-corrected chi connectivity index (χ4v) is 3.27. The summed E-state index contributed by atoms with van der Waals surface area (Å²) in [6.45, 7) is 2.03. The van der Waals surface area contributed by atoms with E-state index < -0.39 is 0 Å². The number of likely N-dealkylation sites (tertiary alicyclic amines) is 1. The minimum atomic E-state index is -0.249. The molecule has 9 heteroatoms. The molecular weight excluding hydrogens is 337 g/mol. The van der Waals surface area contributed by atoms with Crippen LogP contribution >= 0.6 is 0 Å². The normalized spacial score (nSPS) is 20.3. The number of H-pyrrole nitrogens is 1. The molecule has 8 nitrogen and oxygen atoms in total. The van der Waals surface area contributed by atoms with Crippen LogP contribution in [0.25, 0.3) is 0 Å². The molecule has 0 saturated carbocycles. The number of amides is 1. The van der Waals surface area contributed by atoms with Crippen LogP contribution in [0.3, 0.4) is 0 Å². The van der Waals surface area contributed by atoms with Crippen molar-refractivity contribution in [3.05, 3.63) is 66.0 Å². The molecule has 3 aromatic rings. The zero-order valence-corrected chi connectivity index (χ0v) is 13.9. The first-order valence-electron chi connectivity index (χ1n) is 8.31. The van der Waals surface area contributed by atoms with E-state index in [1.54, 1.807) is 35.4 Å². The molecule has 1 saturated heterocycles. The van der Waals surface area contributed by atoms with Crippen molar-refractivity contribution in [2.45, 2.75) is 18.6 Å². The number of halogens is 1. The molecule has 2 atom stereocenters. The number of benzene rings is 1. The number of hydrogen-bond acceptors (Lipinski definition) is 5. The Balaban J connectivity index is 1.49. The highest BCUT2D eigenvalue weighted by molar-refractivity contribution is 5.93. The van der Waals surface area contributed by atoms with Crippen LogP contribution in [0.4, 0.5) is 4.39 Å².